The van der Waals surface area contributed by atoms with E-state index in [1.807, 2.05) is 23.6 Å². The molecular formula is C51H66F2N10O12S. The van der Waals surface area contributed by atoms with E-state index < -0.39 is 74.4 Å². The molecule has 5 amide bonds. The summed E-state index contributed by atoms with van der Waals surface area (Å²) < 4.78 is 85.4. The van der Waals surface area contributed by atoms with Crippen LogP contribution in [0.3, 0.4) is 0 Å². The van der Waals surface area contributed by atoms with Crippen LogP contribution in [0.15, 0.2) is 48.8 Å². The molecule has 0 aliphatic carbocycles. The van der Waals surface area contributed by atoms with Crippen LogP contribution in [0.2, 0.25) is 0 Å². The van der Waals surface area contributed by atoms with E-state index in [1.165, 1.54) is 18.0 Å². The minimum Gasteiger partial charge on any atom is -0.496 e. The minimum atomic E-state index is -4.11. The number of rotatable bonds is 20. The van der Waals surface area contributed by atoms with Crippen molar-refractivity contribution in [1.82, 2.24) is 45.4 Å². The van der Waals surface area contributed by atoms with Crippen molar-refractivity contribution in [3.05, 3.63) is 71.7 Å². The molecule has 0 saturated carbocycles. The Labute approximate surface area is 439 Å². The van der Waals surface area contributed by atoms with Crippen molar-refractivity contribution in [2.75, 3.05) is 90.3 Å². The molecule has 76 heavy (non-hydrogen) atoms. The maximum atomic E-state index is 14.8. The maximum Gasteiger partial charge on any atom is 0.407 e. The lowest BCUT2D eigenvalue weighted by molar-refractivity contribution is -0.130. The lowest BCUT2D eigenvalue weighted by atomic mass is 9.95. The number of benzene rings is 2. The predicted molar refractivity (Wildman–Crippen MR) is 275 cm³/mol. The normalized spacial score (nSPS) is 16.1. The molecule has 2 fully saturated rings. The van der Waals surface area contributed by atoms with Gasteiger partial charge in [0.15, 0.2) is 5.69 Å². The van der Waals surface area contributed by atoms with Gasteiger partial charge in [0.05, 0.1) is 61.4 Å². The third kappa shape index (κ3) is 15.2. The summed E-state index contributed by atoms with van der Waals surface area (Å²) in [6, 6.07) is 7.05. The van der Waals surface area contributed by atoms with Crippen LogP contribution in [0.1, 0.15) is 76.4 Å². The fourth-order valence-electron chi connectivity index (χ4n) is 9.06. The van der Waals surface area contributed by atoms with Gasteiger partial charge in [0.1, 0.15) is 41.4 Å². The number of carbonyl (C=O) groups excluding carboxylic acids is 5. The SMILES string of the molecule is COc1cc2c(cc1-c1cncc(NC(=O)CCNC(=O)[C@@H](CCCCNC(=O)OC(C)(C)C)NC(=O)CN3CCN(CCS(=O)(=O)O)CC3)c1)-c1c(c(C(=O)N3CCOCC3(C)C)nn1-c1cc(F)cc(F)c1)CO2. The molecule has 0 spiro atoms. The summed E-state index contributed by atoms with van der Waals surface area (Å²) in [6.45, 7) is 12.0. The van der Waals surface area contributed by atoms with E-state index >= 15 is 0 Å². The molecule has 5 heterocycles. The van der Waals surface area contributed by atoms with Crippen molar-refractivity contribution in [2.45, 2.75) is 84.1 Å². The number of anilines is 1. The Bertz CT molecular complexity index is 2890. The van der Waals surface area contributed by atoms with E-state index in [9.17, 15) is 41.2 Å². The molecule has 3 aliphatic heterocycles. The largest absolute Gasteiger partial charge is 0.496 e. The Kier molecular flexibility index (Phi) is 18.3. The van der Waals surface area contributed by atoms with E-state index in [-0.39, 0.29) is 57.0 Å². The van der Waals surface area contributed by atoms with Crippen molar-refractivity contribution < 1.29 is 64.7 Å². The molecule has 0 bridgehead atoms. The predicted octanol–water partition coefficient (Wildman–Crippen LogP) is 4.16. The van der Waals surface area contributed by atoms with E-state index in [1.54, 1.807) is 50.1 Å². The molecule has 4 aromatic rings. The second-order valence-electron chi connectivity index (χ2n) is 20.4. The Morgan fingerprint density at radius 1 is 0.895 bits per heavy atom. The Morgan fingerprint density at radius 2 is 1.62 bits per heavy atom. The first-order valence-electron chi connectivity index (χ1n) is 25.0. The quantitative estimate of drug-likeness (QED) is 0.0615. The molecule has 412 valence electrons. The highest BCUT2D eigenvalue weighted by molar-refractivity contribution is 7.85. The molecule has 2 aromatic heterocycles. The van der Waals surface area contributed by atoms with E-state index in [0.717, 1.165) is 18.2 Å². The number of nitrogens with one attached hydrogen (secondary N) is 4. The number of ether oxygens (including phenoxy) is 4. The average molecular weight is 1080 g/mol. The number of amides is 5. The zero-order chi connectivity index (χ0) is 55.0. The van der Waals surface area contributed by atoms with E-state index in [2.05, 4.69) is 26.3 Å². The highest BCUT2D eigenvalue weighted by atomic mass is 32.2. The van der Waals surface area contributed by atoms with Gasteiger partial charge in [-0.2, -0.15) is 13.5 Å². The van der Waals surface area contributed by atoms with Crippen LogP contribution >= 0.6 is 0 Å². The summed E-state index contributed by atoms with van der Waals surface area (Å²) in [5.74, 6) is -3.17. The van der Waals surface area contributed by atoms with E-state index in [0.29, 0.717) is 104 Å². The van der Waals surface area contributed by atoms with Gasteiger partial charge in [-0.25, -0.2) is 18.3 Å². The number of hydrogen-bond acceptors (Lipinski definition) is 15. The minimum absolute atomic E-state index is 0.0193. The van der Waals surface area contributed by atoms with Gasteiger partial charge in [-0.3, -0.25) is 38.5 Å². The molecule has 25 heteroatoms. The Hall–Kier alpha value is -6.80. The summed E-state index contributed by atoms with van der Waals surface area (Å²) in [4.78, 5) is 76.5. The van der Waals surface area contributed by atoms with Gasteiger partial charge in [0.2, 0.25) is 17.7 Å². The number of alkyl carbamates (subject to hydrolysis) is 1. The Balaban J connectivity index is 1.03. The van der Waals surface area contributed by atoms with Crippen molar-refractivity contribution in [3.63, 3.8) is 0 Å². The topological polar surface area (TPSA) is 265 Å². The zero-order valence-electron chi connectivity index (χ0n) is 43.5. The van der Waals surface area contributed by atoms with Gasteiger partial charge >= 0.3 is 6.09 Å². The number of hydrogen-bond donors (Lipinski definition) is 5. The molecule has 2 aromatic carbocycles. The van der Waals surface area contributed by atoms with Crippen LogP contribution in [0, 0.1) is 11.6 Å². The number of methoxy groups -OCH3 is 1. The zero-order valence-corrected chi connectivity index (χ0v) is 44.3. The highest BCUT2D eigenvalue weighted by Gasteiger charge is 2.39. The van der Waals surface area contributed by atoms with Gasteiger partial charge in [0.25, 0.3) is 16.0 Å². The van der Waals surface area contributed by atoms with Crippen LogP contribution in [-0.2, 0) is 40.6 Å². The number of carbonyl (C=O) groups is 5. The molecular weight excluding hydrogens is 1010 g/mol. The molecule has 2 saturated heterocycles. The number of aromatic nitrogens is 3. The molecule has 22 nitrogen and oxygen atoms in total. The molecule has 0 unspecified atom stereocenters. The first-order valence-corrected chi connectivity index (χ1v) is 26.6. The third-order valence-electron chi connectivity index (χ3n) is 12.8. The van der Waals surface area contributed by atoms with Gasteiger partial charge in [-0.05, 0) is 78.1 Å². The molecule has 1 atom stereocenters. The average Bonchev–Trinajstić information content (AvgIpc) is 3.76. The van der Waals surface area contributed by atoms with Crippen LogP contribution in [-0.4, -0.2) is 174 Å². The van der Waals surface area contributed by atoms with Crippen molar-refractivity contribution in [1.29, 1.82) is 0 Å². The lowest BCUT2D eigenvalue weighted by Crippen LogP contribution is -2.55. The first-order chi connectivity index (χ1) is 36.0. The van der Waals surface area contributed by atoms with Gasteiger partial charge in [-0.1, -0.05) is 0 Å². The summed E-state index contributed by atoms with van der Waals surface area (Å²) in [5, 5.41) is 15.8. The second kappa shape index (κ2) is 24.5. The van der Waals surface area contributed by atoms with Crippen LogP contribution < -0.4 is 30.7 Å². The molecule has 3 aliphatic rings. The fourth-order valence-corrected chi connectivity index (χ4v) is 9.55. The standard InChI is InChI=1S/C51H66F2N10O12S/c1-50(2,3)75-49(68)56-11-8-7-9-40(58-44(65)29-61-15-13-60(14-16-61)18-20-76(69,70)71)47(66)55-12-10-43(64)57-35-21-32(27-54-28-35)37-25-38-42(26-41(37)72-6)74-30-39-45(48(67)62-17-19-73-31-51(62,4)5)59-63(46(38)39)36-23-33(52)22-34(53)24-36/h21-28,40H,7-20,29-31H2,1-6H3,(H,55,66)(H,56,68)(H,57,64)(H,58,65)(H,69,70,71)/t40-/m1/s1. The number of morpholine rings is 1. The summed E-state index contributed by atoms with van der Waals surface area (Å²) in [6.07, 6.45) is 3.39. The second-order valence-corrected chi connectivity index (χ2v) is 21.9. The summed E-state index contributed by atoms with van der Waals surface area (Å²) >= 11 is 0. The lowest BCUT2D eigenvalue weighted by Gasteiger charge is -2.41. The van der Waals surface area contributed by atoms with Crippen LogP contribution in [0.5, 0.6) is 11.5 Å². The number of unbranched alkanes of at least 4 members (excludes halogenated alkanes) is 1. The highest BCUT2D eigenvalue weighted by Crippen LogP contribution is 2.46. The van der Waals surface area contributed by atoms with Crippen molar-refractivity contribution >= 4 is 45.5 Å². The van der Waals surface area contributed by atoms with Crippen LogP contribution in [0.4, 0.5) is 19.3 Å². The molecule has 7 rings (SSSR count). The molecule has 0 radical (unpaired) electrons. The monoisotopic (exact) mass is 1080 g/mol. The van der Waals surface area contributed by atoms with Crippen molar-refractivity contribution in [3.8, 4) is 39.6 Å². The van der Waals surface area contributed by atoms with Gasteiger partial charge < -0.3 is 45.1 Å². The number of nitrogens with zero attached hydrogens (tertiary/aromatic N) is 6. The van der Waals surface area contributed by atoms with E-state index in [4.69, 9.17) is 28.6 Å². The number of piperazine rings is 1. The Morgan fingerprint density at radius 3 is 2.30 bits per heavy atom. The third-order valence-corrected chi connectivity index (χ3v) is 13.5. The maximum absolute atomic E-state index is 14.8. The number of fused-ring (bicyclic) bond motifs is 3. The number of pyridine rings is 1. The fraction of sp³-hybridized carbons (Fsp3) is 0.510. The van der Waals surface area contributed by atoms with Crippen LogP contribution in [0.25, 0.3) is 28.1 Å². The first kappa shape index (κ1) is 56.9. The summed E-state index contributed by atoms with van der Waals surface area (Å²) in [5.41, 5.74) is 1.21. The number of halogens is 2. The summed E-state index contributed by atoms with van der Waals surface area (Å²) in [7, 11) is -2.64. The van der Waals surface area contributed by atoms with Gasteiger partial charge in [0, 0.05) is 99.4 Å². The molecule has 5 N–H and O–H groups in total. The smallest absolute Gasteiger partial charge is 0.407 e. The van der Waals surface area contributed by atoms with Crippen molar-refractivity contribution in [2.24, 2.45) is 0 Å². The van der Waals surface area contributed by atoms with Gasteiger partial charge in [-0.15, -0.1) is 0 Å².